The van der Waals surface area contributed by atoms with Crippen molar-refractivity contribution in [1.29, 1.82) is 0 Å². The van der Waals surface area contributed by atoms with Crippen molar-refractivity contribution >= 4 is 45.3 Å². The lowest BCUT2D eigenvalue weighted by Crippen LogP contribution is -2.22. The first kappa shape index (κ1) is 19.2. The molecular formula is C23H19IN2OS. The lowest BCUT2D eigenvalue weighted by molar-refractivity contribution is 0.814. The number of thioether (sulfide) groups is 1. The summed E-state index contributed by atoms with van der Waals surface area (Å²) >= 11 is 3.86. The second-order valence-corrected chi connectivity index (χ2v) is 8.87. The van der Waals surface area contributed by atoms with E-state index in [1.54, 1.807) is 16.3 Å². The lowest BCUT2D eigenvalue weighted by Gasteiger charge is -2.15. The average molecular weight is 498 g/mol. The predicted octanol–water partition coefficient (Wildman–Crippen LogP) is 5.63. The standard InChI is InChI=1S/C23H19IN2OS/c1-16-7-5-6-10-21(16)26-22(27)19-15-18(24)11-12-20(19)25-23(26)28-14-13-17-8-3-2-4-9-17/h2-12,15H,13-14H2,1H3. The van der Waals surface area contributed by atoms with Gasteiger partial charge in [0.25, 0.3) is 5.56 Å². The largest absolute Gasteiger partial charge is 0.268 e. The molecule has 0 fully saturated rings. The highest BCUT2D eigenvalue weighted by atomic mass is 127. The van der Waals surface area contributed by atoms with Gasteiger partial charge in [-0.1, -0.05) is 60.3 Å². The Bertz CT molecular complexity index is 1190. The molecule has 3 nitrogen and oxygen atoms in total. The number of nitrogens with zero attached hydrogens (tertiary/aromatic N) is 2. The molecule has 1 heterocycles. The quantitative estimate of drug-likeness (QED) is 0.203. The highest BCUT2D eigenvalue weighted by molar-refractivity contribution is 14.1. The van der Waals surface area contributed by atoms with Crippen LogP contribution in [0.1, 0.15) is 11.1 Å². The summed E-state index contributed by atoms with van der Waals surface area (Å²) in [5.41, 5.74) is 3.97. The van der Waals surface area contributed by atoms with E-state index in [0.717, 1.165) is 37.7 Å². The van der Waals surface area contributed by atoms with Gasteiger partial charge in [0.15, 0.2) is 5.16 Å². The molecule has 0 bridgehead atoms. The molecular weight excluding hydrogens is 479 g/mol. The van der Waals surface area contributed by atoms with Gasteiger partial charge in [-0.25, -0.2) is 4.98 Å². The van der Waals surface area contributed by atoms with Crippen LogP contribution in [0, 0.1) is 10.5 Å². The third-order valence-electron chi connectivity index (χ3n) is 4.62. The minimum absolute atomic E-state index is 0.0139. The number of para-hydroxylation sites is 1. The van der Waals surface area contributed by atoms with E-state index in [1.807, 2.05) is 55.5 Å². The first-order valence-electron chi connectivity index (χ1n) is 9.08. The summed E-state index contributed by atoms with van der Waals surface area (Å²) in [6.45, 7) is 2.03. The Morgan fingerprint density at radius 2 is 1.75 bits per heavy atom. The molecule has 0 atom stereocenters. The molecule has 0 aliphatic rings. The van der Waals surface area contributed by atoms with Gasteiger partial charge < -0.3 is 0 Å². The van der Waals surface area contributed by atoms with Crippen molar-refractivity contribution in [3.05, 3.63) is 97.8 Å². The molecule has 5 heteroatoms. The molecule has 3 aromatic carbocycles. The Hall–Kier alpha value is -2.12. The third kappa shape index (κ3) is 4.00. The molecule has 140 valence electrons. The van der Waals surface area contributed by atoms with Crippen LogP contribution in [0.4, 0.5) is 0 Å². The molecule has 0 unspecified atom stereocenters. The number of halogens is 1. The average Bonchev–Trinajstić information content (AvgIpc) is 2.71. The normalized spacial score (nSPS) is 11.1. The van der Waals surface area contributed by atoms with Crippen molar-refractivity contribution in [2.75, 3.05) is 5.75 Å². The highest BCUT2D eigenvalue weighted by Crippen LogP contribution is 2.24. The Morgan fingerprint density at radius 1 is 1.00 bits per heavy atom. The fraction of sp³-hybridized carbons (Fsp3) is 0.130. The maximum absolute atomic E-state index is 13.4. The van der Waals surface area contributed by atoms with Gasteiger partial charge in [0, 0.05) is 9.32 Å². The summed E-state index contributed by atoms with van der Waals surface area (Å²) in [5.74, 6) is 0.859. The zero-order valence-electron chi connectivity index (χ0n) is 15.4. The molecule has 0 amide bonds. The number of rotatable bonds is 5. The summed E-state index contributed by atoms with van der Waals surface area (Å²) in [7, 11) is 0. The number of aromatic nitrogens is 2. The minimum Gasteiger partial charge on any atom is -0.268 e. The van der Waals surface area contributed by atoms with Crippen LogP contribution in [0.25, 0.3) is 16.6 Å². The third-order valence-corrected chi connectivity index (χ3v) is 6.23. The van der Waals surface area contributed by atoms with E-state index in [0.29, 0.717) is 5.39 Å². The zero-order valence-corrected chi connectivity index (χ0v) is 18.4. The van der Waals surface area contributed by atoms with Crippen molar-refractivity contribution in [1.82, 2.24) is 9.55 Å². The Labute approximate surface area is 182 Å². The van der Waals surface area contributed by atoms with Crippen LogP contribution >= 0.6 is 34.4 Å². The van der Waals surface area contributed by atoms with Gasteiger partial charge in [-0.3, -0.25) is 9.36 Å². The van der Waals surface area contributed by atoms with Gasteiger partial charge in [-0.15, -0.1) is 0 Å². The van der Waals surface area contributed by atoms with Gasteiger partial charge in [0.2, 0.25) is 0 Å². The fourth-order valence-corrected chi connectivity index (χ4v) is 4.65. The Morgan fingerprint density at radius 3 is 2.54 bits per heavy atom. The van der Waals surface area contributed by atoms with E-state index in [1.165, 1.54) is 5.56 Å². The second kappa shape index (κ2) is 8.49. The van der Waals surface area contributed by atoms with Gasteiger partial charge in [0.05, 0.1) is 16.6 Å². The highest BCUT2D eigenvalue weighted by Gasteiger charge is 2.15. The van der Waals surface area contributed by atoms with E-state index in [2.05, 4.69) is 46.9 Å². The molecule has 0 aliphatic heterocycles. The molecule has 0 aliphatic carbocycles. The minimum atomic E-state index is -0.0139. The van der Waals surface area contributed by atoms with Crippen LogP contribution in [0.15, 0.2) is 82.7 Å². The van der Waals surface area contributed by atoms with E-state index >= 15 is 0 Å². The number of fused-ring (bicyclic) bond motifs is 1. The maximum Gasteiger partial charge on any atom is 0.266 e. The smallest absolute Gasteiger partial charge is 0.266 e. The molecule has 4 rings (SSSR count). The Kier molecular flexibility index (Phi) is 5.82. The summed E-state index contributed by atoms with van der Waals surface area (Å²) in [6.07, 6.45) is 0.930. The SMILES string of the molecule is Cc1ccccc1-n1c(SCCc2ccccc2)nc2ccc(I)cc2c1=O. The summed E-state index contributed by atoms with van der Waals surface area (Å²) in [4.78, 5) is 18.2. The van der Waals surface area contributed by atoms with Crippen molar-refractivity contribution in [3.63, 3.8) is 0 Å². The maximum atomic E-state index is 13.4. The first-order valence-corrected chi connectivity index (χ1v) is 11.1. The van der Waals surface area contributed by atoms with E-state index in [-0.39, 0.29) is 5.56 Å². The number of hydrogen-bond acceptors (Lipinski definition) is 3. The van der Waals surface area contributed by atoms with Crippen molar-refractivity contribution in [2.24, 2.45) is 0 Å². The lowest BCUT2D eigenvalue weighted by atomic mass is 10.2. The van der Waals surface area contributed by atoms with Gasteiger partial charge in [0.1, 0.15) is 0 Å². The van der Waals surface area contributed by atoms with Crippen molar-refractivity contribution in [3.8, 4) is 5.69 Å². The first-order chi connectivity index (χ1) is 13.6. The van der Waals surface area contributed by atoms with Crippen LogP contribution < -0.4 is 5.56 Å². The van der Waals surface area contributed by atoms with Gasteiger partial charge in [-0.2, -0.15) is 0 Å². The van der Waals surface area contributed by atoms with Gasteiger partial charge >= 0.3 is 0 Å². The molecule has 28 heavy (non-hydrogen) atoms. The monoisotopic (exact) mass is 498 g/mol. The molecule has 0 N–H and O–H groups in total. The molecule has 4 aromatic rings. The van der Waals surface area contributed by atoms with E-state index < -0.39 is 0 Å². The molecule has 0 spiro atoms. The molecule has 0 saturated carbocycles. The van der Waals surface area contributed by atoms with Crippen LogP contribution in [0.3, 0.4) is 0 Å². The zero-order chi connectivity index (χ0) is 19.5. The number of hydrogen-bond donors (Lipinski definition) is 0. The van der Waals surface area contributed by atoms with Crippen LogP contribution in [0.5, 0.6) is 0 Å². The molecule has 1 aromatic heterocycles. The van der Waals surface area contributed by atoms with E-state index in [4.69, 9.17) is 4.98 Å². The van der Waals surface area contributed by atoms with Gasteiger partial charge in [-0.05, 0) is 71.3 Å². The van der Waals surface area contributed by atoms with Crippen LogP contribution in [0.2, 0.25) is 0 Å². The summed E-state index contributed by atoms with van der Waals surface area (Å²) in [5, 5.41) is 1.39. The predicted molar refractivity (Wildman–Crippen MR) is 126 cm³/mol. The topological polar surface area (TPSA) is 34.9 Å². The fourth-order valence-electron chi connectivity index (χ4n) is 3.17. The van der Waals surface area contributed by atoms with Crippen molar-refractivity contribution < 1.29 is 0 Å². The van der Waals surface area contributed by atoms with Crippen LogP contribution in [-0.2, 0) is 6.42 Å². The second-order valence-electron chi connectivity index (χ2n) is 6.57. The number of benzene rings is 3. The molecule has 0 radical (unpaired) electrons. The number of aryl methyl sites for hydroxylation is 2. The summed E-state index contributed by atoms with van der Waals surface area (Å²) in [6, 6.07) is 24.2. The van der Waals surface area contributed by atoms with Crippen molar-refractivity contribution in [2.45, 2.75) is 18.5 Å². The molecule has 0 saturated heterocycles. The summed E-state index contributed by atoms with van der Waals surface area (Å²) < 4.78 is 2.80. The Balaban J connectivity index is 1.79. The van der Waals surface area contributed by atoms with Crippen LogP contribution in [-0.4, -0.2) is 15.3 Å². The van der Waals surface area contributed by atoms with E-state index in [9.17, 15) is 4.79 Å².